The lowest BCUT2D eigenvalue weighted by Gasteiger charge is -2.56. The first-order chi connectivity index (χ1) is 12.1. The number of rotatable bonds is 3. The quantitative estimate of drug-likeness (QED) is 0.898. The van der Waals surface area contributed by atoms with Gasteiger partial charge >= 0.3 is 0 Å². The molecule has 138 valence electrons. The monoisotopic (exact) mass is 347 g/mol. The Kier molecular flexibility index (Phi) is 4.58. The van der Waals surface area contributed by atoms with Crippen LogP contribution < -0.4 is 0 Å². The second-order valence-corrected chi connectivity index (χ2v) is 8.08. The molecule has 2 bridgehead atoms. The fourth-order valence-electron chi connectivity index (χ4n) is 5.38. The molecule has 3 aliphatic heterocycles. The van der Waals surface area contributed by atoms with Gasteiger partial charge in [0.25, 0.3) is 0 Å². The number of aliphatic hydroxyl groups excluding tert-OH is 1. The van der Waals surface area contributed by atoms with Crippen molar-refractivity contribution >= 4 is 5.91 Å². The summed E-state index contributed by atoms with van der Waals surface area (Å²) in [6.45, 7) is 6.71. The molecule has 1 amide bonds. The van der Waals surface area contributed by atoms with Crippen molar-refractivity contribution in [2.75, 3.05) is 26.2 Å². The second kappa shape index (κ2) is 6.72. The fourth-order valence-corrected chi connectivity index (χ4v) is 5.38. The largest absolute Gasteiger partial charge is 0.395 e. The van der Waals surface area contributed by atoms with Crippen molar-refractivity contribution in [3.05, 3.63) is 17.0 Å². The molecule has 0 unspecified atom stereocenters. The van der Waals surface area contributed by atoms with Crippen molar-refractivity contribution in [2.45, 2.75) is 58.0 Å². The first-order valence-corrected chi connectivity index (χ1v) is 9.64. The van der Waals surface area contributed by atoms with Crippen LogP contribution in [-0.2, 0) is 11.2 Å². The Morgan fingerprint density at radius 2 is 2.08 bits per heavy atom. The molecule has 6 heteroatoms. The molecule has 3 fully saturated rings. The SMILES string of the molecule is Cc1noc(C)c1CC(=O)N1C[C@H]2C[C@@H](C1)[C@H](CO)N1CCCC[C@@H]21. The zero-order valence-electron chi connectivity index (χ0n) is 15.3. The highest BCUT2D eigenvalue weighted by atomic mass is 16.5. The summed E-state index contributed by atoms with van der Waals surface area (Å²) >= 11 is 0. The second-order valence-electron chi connectivity index (χ2n) is 8.08. The number of likely N-dealkylation sites (tertiary alicyclic amines) is 1. The summed E-state index contributed by atoms with van der Waals surface area (Å²) in [5, 5.41) is 13.9. The molecular weight excluding hydrogens is 318 g/mol. The molecule has 1 N–H and O–H groups in total. The van der Waals surface area contributed by atoms with E-state index in [0.717, 1.165) is 43.1 Å². The topological polar surface area (TPSA) is 69.8 Å². The van der Waals surface area contributed by atoms with E-state index >= 15 is 0 Å². The third kappa shape index (κ3) is 2.99. The van der Waals surface area contributed by atoms with Gasteiger partial charge in [0.05, 0.1) is 18.7 Å². The van der Waals surface area contributed by atoms with Crippen molar-refractivity contribution < 1.29 is 14.4 Å². The zero-order chi connectivity index (χ0) is 17.6. The van der Waals surface area contributed by atoms with Crippen LogP contribution in [0.15, 0.2) is 4.52 Å². The van der Waals surface area contributed by atoms with Crippen LogP contribution in [0.3, 0.4) is 0 Å². The predicted molar refractivity (Wildman–Crippen MR) is 93.1 cm³/mol. The molecule has 0 saturated carbocycles. The number of nitrogens with zero attached hydrogens (tertiary/aromatic N) is 3. The van der Waals surface area contributed by atoms with Crippen LogP contribution in [0.25, 0.3) is 0 Å². The standard InChI is InChI=1S/C19H29N3O3/c1-12-16(13(2)25-20-12)8-19(24)21-9-14-7-15(10-21)18(11-23)22-6-4-3-5-17(14)22/h14-15,17-18,23H,3-11H2,1-2H3/t14-,15+,17+,18+/m1/s1. The van der Waals surface area contributed by atoms with Crippen LogP contribution in [-0.4, -0.2) is 64.3 Å². The van der Waals surface area contributed by atoms with Gasteiger partial charge in [0.1, 0.15) is 5.76 Å². The summed E-state index contributed by atoms with van der Waals surface area (Å²) in [7, 11) is 0. The lowest BCUT2D eigenvalue weighted by atomic mass is 9.72. The predicted octanol–water partition coefficient (Wildman–Crippen LogP) is 1.53. The number of carbonyl (C=O) groups excluding carboxylic acids is 1. The lowest BCUT2D eigenvalue weighted by molar-refractivity contribution is -0.141. The Labute approximate surface area is 149 Å². The Bertz CT molecular complexity index is 610. The number of hydrogen-bond donors (Lipinski definition) is 1. The molecule has 1 aromatic rings. The van der Waals surface area contributed by atoms with Gasteiger partial charge in [0, 0.05) is 30.7 Å². The molecule has 6 nitrogen and oxygen atoms in total. The molecule has 0 radical (unpaired) electrons. The normalized spacial score (nSPS) is 32.5. The number of aliphatic hydroxyl groups is 1. The molecular formula is C19H29N3O3. The molecule has 4 heterocycles. The lowest BCUT2D eigenvalue weighted by Crippen LogP contribution is -2.65. The number of hydrogen-bond acceptors (Lipinski definition) is 5. The summed E-state index contributed by atoms with van der Waals surface area (Å²) in [4.78, 5) is 17.5. The maximum Gasteiger partial charge on any atom is 0.227 e. The summed E-state index contributed by atoms with van der Waals surface area (Å²) in [6.07, 6.45) is 5.24. The molecule has 0 aromatic carbocycles. The van der Waals surface area contributed by atoms with Crippen LogP contribution in [0.5, 0.6) is 0 Å². The van der Waals surface area contributed by atoms with E-state index in [1.807, 2.05) is 18.7 Å². The van der Waals surface area contributed by atoms with Gasteiger partial charge in [0.15, 0.2) is 0 Å². The molecule has 3 saturated heterocycles. The van der Waals surface area contributed by atoms with Gasteiger partial charge in [-0.05, 0) is 51.5 Å². The molecule has 0 aliphatic carbocycles. The van der Waals surface area contributed by atoms with Crippen molar-refractivity contribution in [3.63, 3.8) is 0 Å². The van der Waals surface area contributed by atoms with Crippen LogP contribution in [0.2, 0.25) is 0 Å². The molecule has 0 spiro atoms. The van der Waals surface area contributed by atoms with Gasteiger partial charge in [-0.1, -0.05) is 11.6 Å². The summed E-state index contributed by atoms with van der Waals surface area (Å²) < 4.78 is 5.20. The molecule has 25 heavy (non-hydrogen) atoms. The van der Waals surface area contributed by atoms with E-state index < -0.39 is 0 Å². The van der Waals surface area contributed by atoms with E-state index in [9.17, 15) is 9.90 Å². The fraction of sp³-hybridized carbons (Fsp3) is 0.789. The summed E-state index contributed by atoms with van der Waals surface area (Å²) in [5.74, 6) is 1.86. The average Bonchev–Trinajstić information content (AvgIpc) is 2.94. The minimum absolute atomic E-state index is 0.171. The van der Waals surface area contributed by atoms with Crippen LogP contribution in [0.1, 0.15) is 42.7 Å². The summed E-state index contributed by atoms with van der Waals surface area (Å²) in [6, 6.07) is 0.757. The zero-order valence-corrected chi connectivity index (χ0v) is 15.3. The molecule has 4 atom stereocenters. The Hall–Kier alpha value is -1.40. The van der Waals surface area contributed by atoms with E-state index in [2.05, 4.69) is 10.1 Å². The first-order valence-electron chi connectivity index (χ1n) is 9.64. The molecule has 4 rings (SSSR count). The highest BCUT2D eigenvalue weighted by Crippen LogP contribution is 2.41. The maximum absolute atomic E-state index is 12.9. The highest BCUT2D eigenvalue weighted by Gasteiger charge is 2.47. The average molecular weight is 347 g/mol. The number of aryl methyl sites for hydroxylation is 2. The van der Waals surface area contributed by atoms with E-state index in [1.165, 1.54) is 19.3 Å². The number of aromatic nitrogens is 1. The Morgan fingerprint density at radius 3 is 2.80 bits per heavy atom. The third-order valence-corrected chi connectivity index (χ3v) is 6.67. The van der Waals surface area contributed by atoms with E-state index in [1.54, 1.807) is 0 Å². The van der Waals surface area contributed by atoms with Crippen LogP contribution in [0.4, 0.5) is 0 Å². The minimum atomic E-state index is 0.171. The van der Waals surface area contributed by atoms with E-state index in [-0.39, 0.29) is 18.6 Å². The van der Waals surface area contributed by atoms with E-state index in [0.29, 0.717) is 24.3 Å². The number of fused-ring (bicyclic) bond motifs is 4. The van der Waals surface area contributed by atoms with Gasteiger partial charge in [0.2, 0.25) is 5.91 Å². The Balaban J connectivity index is 1.50. The van der Waals surface area contributed by atoms with Gasteiger partial charge in [-0.25, -0.2) is 0 Å². The Morgan fingerprint density at radius 1 is 1.28 bits per heavy atom. The first kappa shape index (κ1) is 17.0. The maximum atomic E-state index is 12.9. The minimum Gasteiger partial charge on any atom is -0.395 e. The van der Waals surface area contributed by atoms with Gasteiger partial charge in [-0.15, -0.1) is 0 Å². The molecule has 1 aromatic heterocycles. The van der Waals surface area contributed by atoms with Gasteiger partial charge in [-0.2, -0.15) is 0 Å². The smallest absolute Gasteiger partial charge is 0.227 e. The van der Waals surface area contributed by atoms with Crippen molar-refractivity contribution in [2.24, 2.45) is 11.8 Å². The highest BCUT2D eigenvalue weighted by molar-refractivity contribution is 5.79. The molecule has 3 aliphatic rings. The number of amides is 1. The van der Waals surface area contributed by atoms with E-state index in [4.69, 9.17) is 4.52 Å². The number of piperidine rings is 3. The van der Waals surface area contributed by atoms with Gasteiger partial charge < -0.3 is 14.5 Å². The third-order valence-electron chi connectivity index (χ3n) is 6.67. The van der Waals surface area contributed by atoms with Crippen molar-refractivity contribution in [1.29, 1.82) is 0 Å². The summed E-state index contributed by atoms with van der Waals surface area (Å²) in [5.41, 5.74) is 1.74. The van der Waals surface area contributed by atoms with Gasteiger partial charge in [-0.3, -0.25) is 9.69 Å². The van der Waals surface area contributed by atoms with Crippen molar-refractivity contribution in [1.82, 2.24) is 15.0 Å². The van der Waals surface area contributed by atoms with Crippen molar-refractivity contribution in [3.8, 4) is 0 Å². The van der Waals surface area contributed by atoms with Crippen LogP contribution >= 0.6 is 0 Å². The number of carbonyl (C=O) groups is 1. The van der Waals surface area contributed by atoms with Crippen LogP contribution in [0, 0.1) is 25.7 Å².